The maximum Gasteiger partial charge on any atom is 0.168 e. The fourth-order valence-corrected chi connectivity index (χ4v) is 1.09. The summed E-state index contributed by atoms with van der Waals surface area (Å²) in [6, 6.07) is 6.16. The highest BCUT2D eigenvalue weighted by atomic mass is 35.5. The van der Waals surface area contributed by atoms with Crippen molar-refractivity contribution in [3.05, 3.63) is 30.6 Å². The lowest BCUT2D eigenvalue weighted by molar-refractivity contribution is -0.708. The van der Waals surface area contributed by atoms with Gasteiger partial charge in [0.15, 0.2) is 18.9 Å². The van der Waals surface area contributed by atoms with Crippen LogP contribution in [-0.4, -0.2) is 0 Å². The largest absolute Gasteiger partial charge is 1.00 e. The smallest absolute Gasteiger partial charge is 0.168 e. The van der Waals surface area contributed by atoms with Crippen molar-refractivity contribution in [3.63, 3.8) is 0 Å². The summed E-state index contributed by atoms with van der Waals surface area (Å²) in [5, 5.41) is 0. The lowest BCUT2D eigenvalue weighted by Crippen LogP contribution is -3.00. The Morgan fingerprint density at radius 1 is 1.00 bits per heavy atom. The van der Waals surface area contributed by atoms with E-state index in [9.17, 15) is 0 Å². The molecule has 0 atom stereocenters. The van der Waals surface area contributed by atoms with Crippen molar-refractivity contribution in [2.75, 3.05) is 0 Å². The molecule has 68 valence electrons. The van der Waals surface area contributed by atoms with Crippen molar-refractivity contribution >= 4 is 0 Å². The normalized spacial score (nSPS) is 10.6. The zero-order chi connectivity index (χ0) is 8.32. The Hall–Kier alpha value is -0.560. The zero-order valence-electron chi connectivity index (χ0n) is 7.92. The molecule has 0 aliphatic rings. The first-order valence-corrected chi connectivity index (χ1v) is 4.02. The van der Waals surface area contributed by atoms with E-state index < -0.39 is 0 Å². The average molecular weight is 186 g/mol. The summed E-state index contributed by atoms with van der Waals surface area (Å²) in [6.07, 6.45) is 4.20. The maximum atomic E-state index is 2.24. The minimum absolute atomic E-state index is 0. The SMILES string of the molecule is CC(C)(C)C[n+]1ccccc1.[Cl-]. The molecule has 2 heteroatoms. The van der Waals surface area contributed by atoms with E-state index in [1.54, 1.807) is 0 Å². The van der Waals surface area contributed by atoms with Crippen LogP contribution in [0.5, 0.6) is 0 Å². The third-order valence-corrected chi connectivity index (χ3v) is 1.43. The van der Waals surface area contributed by atoms with Gasteiger partial charge in [-0.1, -0.05) is 26.8 Å². The lowest BCUT2D eigenvalue weighted by atomic mass is 9.97. The second-order valence-corrected chi connectivity index (χ2v) is 4.11. The molecule has 0 unspecified atom stereocenters. The van der Waals surface area contributed by atoms with Crippen LogP contribution in [0.2, 0.25) is 0 Å². The fourth-order valence-electron chi connectivity index (χ4n) is 1.09. The second kappa shape index (κ2) is 4.46. The quantitative estimate of drug-likeness (QED) is 0.496. The summed E-state index contributed by atoms with van der Waals surface area (Å²) in [6.45, 7) is 7.81. The van der Waals surface area contributed by atoms with Crippen molar-refractivity contribution < 1.29 is 17.0 Å². The molecule has 0 N–H and O–H groups in total. The molecule has 1 heterocycles. The van der Waals surface area contributed by atoms with Crippen LogP contribution in [0, 0.1) is 5.41 Å². The van der Waals surface area contributed by atoms with Crippen LogP contribution in [0.3, 0.4) is 0 Å². The summed E-state index contributed by atoms with van der Waals surface area (Å²) in [5.74, 6) is 0. The molecule has 0 spiro atoms. The van der Waals surface area contributed by atoms with E-state index in [0.717, 1.165) is 6.54 Å². The van der Waals surface area contributed by atoms with E-state index in [1.165, 1.54) is 0 Å². The van der Waals surface area contributed by atoms with Gasteiger partial charge in [0.05, 0.1) is 0 Å². The van der Waals surface area contributed by atoms with E-state index in [-0.39, 0.29) is 12.4 Å². The number of halogens is 1. The van der Waals surface area contributed by atoms with Crippen LogP contribution < -0.4 is 17.0 Å². The second-order valence-electron chi connectivity index (χ2n) is 4.11. The molecule has 1 aromatic heterocycles. The summed E-state index contributed by atoms with van der Waals surface area (Å²) >= 11 is 0. The summed E-state index contributed by atoms with van der Waals surface area (Å²) in [7, 11) is 0. The van der Waals surface area contributed by atoms with Gasteiger partial charge in [0.2, 0.25) is 0 Å². The molecule has 0 aliphatic carbocycles. The predicted molar refractivity (Wildman–Crippen MR) is 46.1 cm³/mol. The standard InChI is InChI=1S/C10H16N.ClH/c1-10(2,3)9-11-7-5-4-6-8-11;/h4-8H,9H2,1-3H3;1H/q+1;/p-1. The first-order valence-electron chi connectivity index (χ1n) is 4.02. The van der Waals surface area contributed by atoms with Crippen LogP contribution in [0.1, 0.15) is 20.8 Å². The third-order valence-electron chi connectivity index (χ3n) is 1.43. The van der Waals surface area contributed by atoms with Crippen molar-refractivity contribution in [2.24, 2.45) is 5.41 Å². The molecule has 0 aromatic carbocycles. The number of rotatable bonds is 1. The molecule has 0 bridgehead atoms. The van der Waals surface area contributed by atoms with E-state index in [4.69, 9.17) is 0 Å². The van der Waals surface area contributed by atoms with Gasteiger partial charge in [-0.05, 0) is 0 Å². The number of aromatic nitrogens is 1. The minimum Gasteiger partial charge on any atom is -1.00 e. The first kappa shape index (κ1) is 11.4. The van der Waals surface area contributed by atoms with Gasteiger partial charge in [-0.2, -0.15) is 0 Å². The number of hydrogen-bond donors (Lipinski definition) is 0. The van der Waals surface area contributed by atoms with Crippen LogP contribution in [-0.2, 0) is 6.54 Å². The molecule has 1 aromatic rings. The van der Waals surface area contributed by atoms with Gasteiger partial charge in [0.25, 0.3) is 0 Å². The average Bonchev–Trinajstić information content (AvgIpc) is 1.85. The third kappa shape index (κ3) is 4.35. The zero-order valence-corrected chi connectivity index (χ0v) is 8.67. The topological polar surface area (TPSA) is 3.88 Å². The Morgan fingerprint density at radius 2 is 1.50 bits per heavy atom. The van der Waals surface area contributed by atoms with Crippen LogP contribution in [0.4, 0.5) is 0 Å². The van der Waals surface area contributed by atoms with Crippen molar-refractivity contribution in [3.8, 4) is 0 Å². The number of hydrogen-bond acceptors (Lipinski definition) is 0. The molecule has 0 saturated heterocycles. The lowest BCUT2D eigenvalue weighted by Gasteiger charge is -2.12. The highest BCUT2D eigenvalue weighted by Gasteiger charge is 2.15. The predicted octanol–water partition coefficient (Wildman–Crippen LogP) is -0.976. The Balaban J connectivity index is 0.00000121. The van der Waals surface area contributed by atoms with Crippen molar-refractivity contribution in [1.82, 2.24) is 0 Å². The molecule has 0 radical (unpaired) electrons. The molecule has 0 amide bonds. The number of pyridine rings is 1. The highest BCUT2D eigenvalue weighted by molar-refractivity contribution is 4.83. The maximum absolute atomic E-state index is 2.24. The Kier molecular flexibility index (Phi) is 4.25. The molecule has 12 heavy (non-hydrogen) atoms. The van der Waals surface area contributed by atoms with Crippen molar-refractivity contribution in [1.29, 1.82) is 0 Å². The molecule has 0 saturated carbocycles. The van der Waals surface area contributed by atoms with Gasteiger partial charge in [-0.3, -0.25) is 0 Å². The summed E-state index contributed by atoms with van der Waals surface area (Å²) in [4.78, 5) is 0. The Morgan fingerprint density at radius 3 is 1.92 bits per heavy atom. The van der Waals surface area contributed by atoms with Crippen molar-refractivity contribution in [2.45, 2.75) is 27.3 Å². The fraction of sp³-hybridized carbons (Fsp3) is 0.500. The van der Waals surface area contributed by atoms with Crippen LogP contribution in [0.15, 0.2) is 30.6 Å². The van der Waals surface area contributed by atoms with Crippen LogP contribution in [0.25, 0.3) is 0 Å². The van der Waals surface area contributed by atoms with E-state index >= 15 is 0 Å². The Bertz CT molecular complexity index is 213. The molecule has 1 nitrogen and oxygen atoms in total. The van der Waals surface area contributed by atoms with Gasteiger partial charge < -0.3 is 12.4 Å². The summed E-state index contributed by atoms with van der Waals surface area (Å²) in [5.41, 5.74) is 0.367. The molecular formula is C10H16ClN. The van der Waals surface area contributed by atoms with Gasteiger partial charge in [0, 0.05) is 17.5 Å². The first-order chi connectivity index (χ1) is 5.08. The monoisotopic (exact) mass is 185 g/mol. The highest BCUT2D eigenvalue weighted by Crippen LogP contribution is 2.11. The summed E-state index contributed by atoms with van der Waals surface area (Å²) < 4.78 is 2.21. The van der Waals surface area contributed by atoms with E-state index in [1.807, 2.05) is 6.07 Å². The molecule has 0 fully saturated rings. The molecule has 1 rings (SSSR count). The number of nitrogens with zero attached hydrogens (tertiary/aromatic N) is 1. The van der Waals surface area contributed by atoms with Crippen LogP contribution >= 0.6 is 0 Å². The van der Waals surface area contributed by atoms with Gasteiger partial charge in [-0.25, -0.2) is 4.57 Å². The Labute approximate surface area is 80.8 Å². The van der Waals surface area contributed by atoms with Gasteiger partial charge in [-0.15, -0.1) is 0 Å². The molecule has 0 aliphatic heterocycles. The van der Waals surface area contributed by atoms with Gasteiger partial charge in [0.1, 0.15) is 0 Å². The molecular weight excluding hydrogens is 170 g/mol. The van der Waals surface area contributed by atoms with Gasteiger partial charge >= 0.3 is 0 Å². The minimum atomic E-state index is 0. The van der Waals surface area contributed by atoms with E-state index in [0.29, 0.717) is 5.41 Å². The van der Waals surface area contributed by atoms with E-state index in [2.05, 4.69) is 49.9 Å².